The molecule has 0 atom stereocenters. The lowest BCUT2D eigenvalue weighted by Crippen LogP contribution is -2.25. The van der Waals surface area contributed by atoms with E-state index < -0.39 is 0 Å². The average Bonchev–Trinajstić information content (AvgIpc) is 2.90. The lowest BCUT2D eigenvalue weighted by molar-refractivity contribution is 0.0947. The summed E-state index contributed by atoms with van der Waals surface area (Å²) in [6, 6.07) is 7.56. The highest BCUT2D eigenvalue weighted by Crippen LogP contribution is 2.31. The number of anilines is 1. The summed E-state index contributed by atoms with van der Waals surface area (Å²) in [5.74, 6) is 0.527. The molecule has 1 aromatic carbocycles. The summed E-state index contributed by atoms with van der Waals surface area (Å²) in [7, 11) is 0. The Kier molecular flexibility index (Phi) is 3.93. The minimum Gasteiger partial charge on any atom is -0.489 e. The normalized spacial score (nSPS) is 13.1. The van der Waals surface area contributed by atoms with Crippen LogP contribution in [-0.4, -0.2) is 19.1 Å². The predicted octanol–water partition coefficient (Wildman–Crippen LogP) is 3.24. The zero-order valence-electron chi connectivity index (χ0n) is 10.6. The first-order chi connectivity index (χ1) is 9.74. The van der Waals surface area contributed by atoms with E-state index in [1.807, 2.05) is 23.6 Å². The van der Waals surface area contributed by atoms with Crippen molar-refractivity contribution >= 4 is 38.9 Å². The molecule has 0 spiro atoms. The molecule has 0 radical (unpaired) electrons. The monoisotopic (exact) mass is 352 g/mol. The van der Waals surface area contributed by atoms with Crippen molar-refractivity contribution in [3.05, 3.63) is 44.6 Å². The summed E-state index contributed by atoms with van der Waals surface area (Å²) in [5.41, 5.74) is 1.45. The minimum absolute atomic E-state index is 0.116. The Morgan fingerprint density at radius 3 is 3.20 bits per heavy atom. The third-order valence-corrected chi connectivity index (χ3v) is 4.67. The number of nitrogens with one attached hydrogen (secondary N) is 2. The SMILES string of the molecule is O=C(NCc1cc(Br)cs1)c1cccc2c1OCCN2. The molecule has 4 nitrogen and oxygen atoms in total. The summed E-state index contributed by atoms with van der Waals surface area (Å²) >= 11 is 5.01. The molecule has 0 aliphatic carbocycles. The number of benzene rings is 1. The Labute approximate surface area is 129 Å². The Morgan fingerprint density at radius 2 is 2.40 bits per heavy atom. The molecule has 0 saturated heterocycles. The van der Waals surface area contributed by atoms with Gasteiger partial charge in [0.15, 0.2) is 5.75 Å². The molecule has 20 heavy (non-hydrogen) atoms. The van der Waals surface area contributed by atoms with E-state index in [0.717, 1.165) is 21.6 Å². The number of fused-ring (bicyclic) bond motifs is 1. The van der Waals surface area contributed by atoms with Gasteiger partial charge in [0.1, 0.15) is 6.61 Å². The van der Waals surface area contributed by atoms with Crippen molar-refractivity contribution in [2.45, 2.75) is 6.54 Å². The zero-order valence-corrected chi connectivity index (χ0v) is 13.0. The van der Waals surface area contributed by atoms with Crippen LogP contribution in [0.3, 0.4) is 0 Å². The number of hydrogen-bond acceptors (Lipinski definition) is 4. The molecule has 2 aromatic rings. The highest BCUT2D eigenvalue weighted by molar-refractivity contribution is 9.10. The van der Waals surface area contributed by atoms with Crippen molar-refractivity contribution in [3.8, 4) is 5.75 Å². The summed E-state index contributed by atoms with van der Waals surface area (Å²) < 4.78 is 6.64. The highest BCUT2D eigenvalue weighted by atomic mass is 79.9. The van der Waals surface area contributed by atoms with Gasteiger partial charge in [-0.05, 0) is 34.1 Å². The van der Waals surface area contributed by atoms with Crippen LogP contribution >= 0.6 is 27.3 Å². The van der Waals surface area contributed by atoms with Crippen molar-refractivity contribution < 1.29 is 9.53 Å². The molecule has 1 aliphatic rings. The lowest BCUT2D eigenvalue weighted by atomic mass is 10.1. The Bertz CT molecular complexity index is 642. The van der Waals surface area contributed by atoms with Gasteiger partial charge in [0.25, 0.3) is 5.91 Å². The van der Waals surface area contributed by atoms with E-state index >= 15 is 0 Å². The smallest absolute Gasteiger partial charge is 0.255 e. The maximum atomic E-state index is 12.3. The third kappa shape index (κ3) is 2.81. The van der Waals surface area contributed by atoms with Gasteiger partial charge in [-0.25, -0.2) is 0 Å². The van der Waals surface area contributed by atoms with Gasteiger partial charge in [0.2, 0.25) is 0 Å². The van der Waals surface area contributed by atoms with E-state index in [0.29, 0.717) is 24.5 Å². The minimum atomic E-state index is -0.116. The summed E-state index contributed by atoms with van der Waals surface area (Å²) in [6.07, 6.45) is 0. The van der Waals surface area contributed by atoms with E-state index in [2.05, 4.69) is 26.6 Å². The molecule has 0 unspecified atom stereocenters. The van der Waals surface area contributed by atoms with E-state index in [9.17, 15) is 4.79 Å². The van der Waals surface area contributed by atoms with Gasteiger partial charge in [-0.3, -0.25) is 4.79 Å². The standard InChI is InChI=1S/C14H13BrN2O2S/c15-9-6-10(20-8-9)7-17-14(18)11-2-1-3-12-13(11)19-5-4-16-12/h1-3,6,8,16H,4-5,7H2,(H,17,18). The molecule has 1 aromatic heterocycles. The van der Waals surface area contributed by atoms with Gasteiger partial charge in [-0.15, -0.1) is 11.3 Å². The maximum absolute atomic E-state index is 12.3. The molecule has 104 valence electrons. The van der Waals surface area contributed by atoms with Crippen LogP contribution in [0.2, 0.25) is 0 Å². The van der Waals surface area contributed by atoms with Gasteiger partial charge in [-0.2, -0.15) is 0 Å². The van der Waals surface area contributed by atoms with Gasteiger partial charge in [-0.1, -0.05) is 6.07 Å². The number of halogens is 1. The molecule has 3 rings (SSSR count). The van der Waals surface area contributed by atoms with Crippen LogP contribution < -0.4 is 15.4 Å². The fourth-order valence-electron chi connectivity index (χ4n) is 2.06. The molecule has 1 amide bonds. The lowest BCUT2D eigenvalue weighted by Gasteiger charge is -2.21. The van der Waals surface area contributed by atoms with E-state index in [1.165, 1.54) is 0 Å². The summed E-state index contributed by atoms with van der Waals surface area (Å²) in [4.78, 5) is 13.4. The van der Waals surface area contributed by atoms with Crippen LogP contribution in [0.5, 0.6) is 5.75 Å². The fourth-order valence-corrected chi connectivity index (χ4v) is 3.45. The fraction of sp³-hybridized carbons (Fsp3) is 0.214. The number of carbonyl (C=O) groups excluding carboxylic acids is 1. The first kappa shape index (κ1) is 13.5. The summed E-state index contributed by atoms with van der Waals surface area (Å²) in [6.45, 7) is 1.86. The van der Waals surface area contributed by atoms with Crippen LogP contribution in [0.4, 0.5) is 5.69 Å². The number of amides is 1. The largest absolute Gasteiger partial charge is 0.489 e. The second kappa shape index (κ2) is 5.85. The first-order valence-corrected chi connectivity index (χ1v) is 7.92. The van der Waals surface area contributed by atoms with Gasteiger partial charge >= 0.3 is 0 Å². The van der Waals surface area contributed by atoms with Gasteiger partial charge < -0.3 is 15.4 Å². The van der Waals surface area contributed by atoms with Crippen LogP contribution in [0.1, 0.15) is 15.2 Å². The van der Waals surface area contributed by atoms with Crippen molar-refractivity contribution in [1.82, 2.24) is 5.32 Å². The molecule has 2 heterocycles. The van der Waals surface area contributed by atoms with Crippen LogP contribution in [0.15, 0.2) is 34.1 Å². The van der Waals surface area contributed by atoms with Crippen LogP contribution in [0, 0.1) is 0 Å². The Hall–Kier alpha value is -1.53. The van der Waals surface area contributed by atoms with Crippen molar-refractivity contribution in [2.75, 3.05) is 18.5 Å². The second-order valence-electron chi connectivity index (χ2n) is 4.37. The van der Waals surface area contributed by atoms with Gasteiger partial charge in [0.05, 0.1) is 17.8 Å². The number of para-hydroxylation sites is 1. The number of ether oxygens (including phenoxy) is 1. The van der Waals surface area contributed by atoms with Crippen LogP contribution in [-0.2, 0) is 6.54 Å². The zero-order chi connectivity index (χ0) is 13.9. The molecular weight excluding hydrogens is 340 g/mol. The molecular formula is C14H13BrN2O2S. The van der Waals surface area contributed by atoms with Crippen molar-refractivity contribution in [1.29, 1.82) is 0 Å². The molecule has 0 saturated carbocycles. The van der Waals surface area contributed by atoms with Gasteiger partial charge in [0, 0.05) is 21.3 Å². The first-order valence-electron chi connectivity index (χ1n) is 6.25. The Morgan fingerprint density at radius 1 is 1.50 bits per heavy atom. The summed E-state index contributed by atoms with van der Waals surface area (Å²) in [5, 5.41) is 8.15. The topological polar surface area (TPSA) is 50.4 Å². The van der Waals surface area contributed by atoms with E-state index in [4.69, 9.17) is 4.74 Å². The molecule has 0 fully saturated rings. The number of thiophene rings is 1. The number of rotatable bonds is 3. The van der Waals surface area contributed by atoms with Crippen LogP contribution in [0.25, 0.3) is 0 Å². The molecule has 2 N–H and O–H groups in total. The molecule has 0 bridgehead atoms. The molecule has 6 heteroatoms. The third-order valence-electron chi connectivity index (χ3n) is 2.97. The second-order valence-corrected chi connectivity index (χ2v) is 6.28. The average molecular weight is 353 g/mol. The Balaban J connectivity index is 1.74. The highest BCUT2D eigenvalue weighted by Gasteiger charge is 2.18. The van der Waals surface area contributed by atoms with E-state index in [-0.39, 0.29) is 5.91 Å². The molecule has 1 aliphatic heterocycles. The van der Waals surface area contributed by atoms with Crippen molar-refractivity contribution in [2.24, 2.45) is 0 Å². The number of hydrogen-bond donors (Lipinski definition) is 2. The quantitative estimate of drug-likeness (QED) is 0.891. The van der Waals surface area contributed by atoms with Crippen molar-refractivity contribution in [3.63, 3.8) is 0 Å². The maximum Gasteiger partial charge on any atom is 0.255 e. The van der Waals surface area contributed by atoms with E-state index in [1.54, 1.807) is 17.4 Å². The number of carbonyl (C=O) groups is 1. The predicted molar refractivity (Wildman–Crippen MR) is 83.6 cm³/mol.